The van der Waals surface area contributed by atoms with E-state index >= 15 is 0 Å². The molecular formula is C16H16O3. The minimum atomic E-state index is -1.63. The zero-order chi connectivity index (χ0) is 13.7. The number of carbonyl (C=O) groups excluding carboxylic acids is 1. The Balaban J connectivity index is 2.03. The van der Waals surface area contributed by atoms with E-state index in [1.54, 1.807) is 24.3 Å². The fourth-order valence-corrected chi connectivity index (χ4v) is 1.74. The maximum atomic E-state index is 12.0. The molecule has 1 N–H and O–H groups in total. The zero-order valence-electron chi connectivity index (χ0n) is 10.7. The Kier molecular flexibility index (Phi) is 3.97. The number of esters is 1. The van der Waals surface area contributed by atoms with E-state index in [0.717, 1.165) is 5.56 Å². The first-order valence-electron chi connectivity index (χ1n) is 6.10. The van der Waals surface area contributed by atoms with E-state index in [2.05, 4.69) is 0 Å². The van der Waals surface area contributed by atoms with Crippen LogP contribution in [-0.4, -0.2) is 11.1 Å². The molecule has 0 fully saturated rings. The summed E-state index contributed by atoms with van der Waals surface area (Å²) in [5, 5.41) is 10.3. The molecule has 0 radical (unpaired) electrons. The highest BCUT2D eigenvalue weighted by atomic mass is 16.5. The third kappa shape index (κ3) is 3.20. The van der Waals surface area contributed by atoms with Gasteiger partial charge in [-0.05, 0) is 18.1 Å². The van der Waals surface area contributed by atoms with Crippen LogP contribution in [0.25, 0.3) is 0 Å². The summed E-state index contributed by atoms with van der Waals surface area (Å²) in [4.78, 5) is 12.0. The SMILES string of the molecule is CC(O)(C(=O)OCc1ccccc1)c1ccccc1. The molecule has 3 nitrogen and oxygen atoms in total. The third-order valence-corrected chi connectivity index (χ3v) is 2.95. The van der Waals surface area contributed by atoms with Gasteiger partial charge in [0.15, 0.2) is 5.60 Å². The second-order valence-electron chi connectivity index (χ2n) is 4.50. The molecule has 2 aromatic carbocycles. The van der Waals surface area contributed by atoms with Gasteiger partial charge in [0.1, 0.15) is 6.61 Å². The maximum absolute atomic E-state index is 12.0. The molecule has 2 rings (SSSR count). The predicted molar refractivity (Wildman–Crippen MR) is 72.3 cm³/mol. The predicted octanol–water partition coefficient (Wildman–Crippen LogP) is 2.64. The summed E-state index contributed by atoms with van der Waals surface area (Å²) < 4.78 is 5.16. The molecule has 0 heterocycles. The van der Waals surface area contributed by atoms with Gasteiger partial charge in [-0.1, -0.05) is 60.7 Å². The van der Waals surface area contributed by atoms with Crippen molar-refractivity contribution in [2.24, 2.45) is 0 Å². The molecule has 98 valence electrons. The summed E-state index contributed by atoms with van der Waals surface area (Å²) >= 11 is 0. The Morgan fingerprint density at radius 2 is 1.58 bits per heavy atom. The van der Waals surface area contributed by atoms with E-state index in [-0.39, 0.29) is 6.61 Å². The molecule has 0 aliphatic carbocycles. The third-order valence-electron chi connectivity index (χ3n) is 2.95. The number of benzene rings is 2. The van der Waals surface area contributed by atoms with E-state index in [4.69, 9.17) is 4.74 Å². The first-order valence-corrected chi connectivity index (χ1v) is 6.10. The van der Waals surface area contributed by atoms with Crippen molar-refractivity contribution in [1.29, 1.82) is 0 Å². The quantitative estimate of drug-likeness (QED) is 0.855. The molecule has 0 saturated carbocycles. The van der Waals surface area contributed by atoms with Crippen molar-refractivity contribution in [2.45, 2.75) is 19.1 Å². The average Bonchev–Trinajstić information content (AvgIpc) is 2.46. The highest BCUT2D eigenvalue weighted by molar-refractivity contribution is 5.80. The van der Waals surface area contributed by atoms with Crippen LogP contribution in [0.15, 0.2) is 60.7 Å². The molecule has 0 saturated heterocycles. The molecule has 0 bridgehead atoms. The lowest BCUT2D eigenvalue weighted by atomic mass is 9.96. The van der Waals surface area contributed by atoms with Gasteiger partial charge in [-0.15, -0.1) is 0 Å². The van der Waals surface area contributed by atoms with Crippen LogP contribution in [0.3, 0.4) is 0 Å². The molecule has 0 aliphatic rings. The Morgan fingerprint density at radius 1 is 1.05 bits per heavy atom. The lowest BCUT2D eigenvalue weighted by Crippen LogP contribution is -2.33. The highest BCUT2D eigenvalue weighted by Gasteiger charge is 2.33. The first kappa shape index (κ1) is 13.3. The Hall–Kier alpha value is -2.13. The van der Waals surface area contributed by atoms with Gasteiger partial charge in [-0.3, -0.25) is 0 Å². The molecular weight excluding hydrogens is 240 g/mol. The van der Waals surface area contributed by atoms with Crippen LogP contribution in [0.4, 0.5) is 0 Å². The Morgan fingerprint density at radius 3 is 2.16 bits per heavy atom. The summed E-state index contributed by atoms with van der Waals surface area (Å²) in [5.41, 5.74) is -0.219. The van der Waals surface area contributed by atoms with E-state index in [0.29, 0.717) is 5.56 Å². The number of hydrogen-bond acceptors (Lipinski definition) is 3. The minimum Gasteiger partial charge on any atom is -0.458 e. The standard InChI is InChI=1S/C16H16O3/c1-16(18,14-10-6-3-7-11-14)15(17)19-12-13-8-4-2-5-9-13/h2-11,18H,12H2,1H3. The topological polar surface area (TPSA) is 46.5 Å². The molecule has 2 aromatic rings. The molecule has 0 aliphatic heterocycles. The first-order chi connectivity index (χ1) is 9.10. The molecule has 1 unspecified atom stereocenters. The van der Waals surface area contributed by atoms with E-state index < -0.39 is 11.6 Å². The van der Waals surface area contributed by atoms with Gasteiger partial charge in [0, 0.05) is 0 Å². The van der Waals surface area contributed by atoms with Crippen molar-refractivity contribution in [3.8, 4) is 0 Å². The van der Waals surface area contributed by atoms with E-state index in [1.807, 2.05) is 36.4 Å². The van der Waals surface area contributed by atoms with Crippen LogP contribution < -0.4 is 0 Å². The van der Waals surface area contributed by atoms with Crippen molar-refractivity contribution in [1.82, 2.24) is 0 Å². The average molecular weight is 256 g/mol. The molecule has 0 spiro atoms. The number of carbonyl (C=O) groups is 1. The van der Waals surface area contributed by atoms with Crippen molar-refractivity contribution >= 4 is 5.97 Å². The Bertz CT molecular complexity index is 532. The van der Waals surface area contributed by atoms with Gasteiger partial charge in [0.25, 0.3) is 0 Å². The van der Waals surface area contributed by atoms with Gasteiger partial charge in [-0.25, -0.2) is 4.79 Å². The van der Waals surface area contributed by atoms with Crippen LogP contribution in [-0.2, 0) is 21.7 Å². The second-order valence-corrected chi connectivity index (χ2v) is 4.50. The monoisotopic (exact) mass is 256 g/mol. The number of ether oxygens (including phenoxy) is 1. The summed E-state index contributed by atoms with van der Waals surface area (Å²) in [7, 11) is 0. The summed E-state index contributed by atoms with van der Waals surface area (Å²) in [6, 6.07) is 18.1. The van der Waals surface area contributed by atoms with Crippen molar-refractivity contribution < 1.29 is 14.6 Å². The summed E-state index contributed by atoms with van der Waals surface area (Å²) in [5.74, 6) is -0.650. The van der Waals surface area contributed by atoms with Crippen molar-refractivity contribution in [3.05, 3.63) is 71.8 Å². The molecule has 0 aromatic heterocycles. The van der Waals surface area contributed by atoms with Crippen LogP contribution in [0, 0.1) is 0 Å². The van der Waals surface area contributed by atoms with E-state index in [1.165, 1.54) is 6.92 Å². The number of rotatable bonds is 4. The smallest absolute Gasteiger partial charge is 0.342 e. The summed E-state index contributed by atoms with van der Waals surface area (Å²) in [6.45, 7) is 1.60. The van der Waals surface area contributed by atoms with Crippen molar-refractivity contribution in [3.63, 3.8) is 0 Å². The number of hydrogen-bond donors (Lipinski definition) is 1. The highest BCUT2D eigenvalue weighted by Crippen LogP contribution is 2.22. The van der Waals surface area contributed by atoms with Gasteiger partial charge >= 0.3 is 5.97 Å². The Labute approximate surface area is 112 Å². The van der Waals surface area contributed by atoms with Crippen molar-refractivity contribution in [2.75, 3.05) is 0 Å². The summed E-state index contributed by atoms with van der Waals surface area (Å²) in [6.07, 6.45) is 0. The lowest BCUT2D eigenvalue weighted by molar-refractivity contribution is -0.166. The van der Waals surface area contributed by atoms with Crippen LogP contribution in [0.1, 0.15) is 18.1 Å². The number of aliphatic hydroxyl groups is 1. The molecule has 0 amide bonds. The molecule has 19 heavy (non-hydrogen) atoms. The fraction of sp³-hybridized carbons (Fsp3) is 0.188. The molecule has 1 atom stereocenters. The van der Waals surface area contributed by atoms with E-state index in [9.17, 15) is 9.90 Å². The van der Waals surface area contributed by atoms with Gasteiger partial charge in [0.05, 0.1) is 0 Å². The maximum Gasteiger partial charge on any atom is 0.342 e. The minimum absolute atomic E-state index is 0.155. The van der Waals surface area contributed by atoms with Crippen LogP contribution in [0.5, 0.6) is 0 Å². The zero-order valence-corrected chi connectivity index (χ0v) is 10.7. The van der Waals surface area contributed by atoms with Crippen LogP contribution in [0.2, 0.25) is 0 Å². The lowest BCUT2D eigenvalue weighted by Gasteiger charge is -2.21. The van der Waals surface area contributed by atoms with Crippen LogP contribution >= 0.6 is 0 Å². The molecule has 3 heteroatoms. The van der Waals surface area contributed by atoms with Gasteiger partial charge in [0.2, 0.25) is 0 Å². The second kappa shape index (κ2) is 5.67. The largest absolute Gasteiger partial charge is 0.458 e. The van der Waals surface area contributed by atoms with Gasteiger partial charge < -0.3 is 9.84 Å². The normalized spacial score (nSPS) is 13.6. The van der Waals surface area contributed by atoms with Gasteiger partial charge in [-0.2, -0.15) is 0 Å². The fourth-order valence-electron chi connectivity index (χ4n) is 1.74.